The largest absolute Gasteiger partial charge is 0.382 e. The van der Waals surface area contributed by atoms with Crippen molar-refractivity contribution in [2.45, 2.75) is 52.4 Å². The van der Waals surface area contributed by atoms with Gasteiger partial charge in [-0.1, -0.05) is 5.92 Å². The van der Waals surface area contributed by atoms with Gasteiger partial charge in [-0.25, -0.2) is 0 Å². The van der Waals surface area contributed by atoms with E-state index in [2.05, 4.69) is 11.8 Å². The van der Waals surface area contributed by atoms with E-state index in [9.17, 15) is 14.4 Å². The van der Waals surface area contributed by atoms with E-state index in [-0.39, 0.29) is 29.5 Å². The van der Waals surface area contributed by atoms with Crippen LogP contribution in [0.5, 0.6) is 0 Å². The number of ether oxygens (including phenoxy) is 2. The molecule has 0 bridgehead atoms. The van der Waals surface area contributed by atoms with Crippen LogP contribution in [-0.2, 0) is 23.9 Å². The van der Waals surface area contributed by atoms with Crippen molar-refractivity contribution >= 4 is 17.5 Å². The number of methoxy groups -OCH3 is 1. The Morgan fingerprint density at radius 3 is 2.22 bits per heavy atom. The smallest absolute Gasteiger partial charge is 0.248 e. The van der Waals surface area contributed by atoms with Crippen LogP contribution in [0.15, 0.2) is 12.1 Å². The van der Waals surface area contributed by atoms with E-state index in [0.29, 0.717) is 52.0 Å². The first-order valence-corrected chi connectivity index (χ1v) is 11.2. The second-order valence-electron chi connectivity index (χ2n) is 9.04. The molecule has 1 aliphatic heterocycles. The molecule has 3 rings (SSSR count). The van der Waals surface area contributed by atoms with Crippen molar-refractivity contribution in [3.05, 3.63) is 34.4 Å². The van der Waals surface area contributed by atoms with Crippen LogP contribution >= 0.6 is 0 Å². The van der Waals surface area contributed by atoms with Crippen molar-refractivity contribution in [1.82, 2.24) is 4.90 Å². The fourth-order valence-corrected chi connectivity index (χ4v) is 5.13. The van der Waals surface area contributed by atoms with Crippen LogP contribution in [0, 0.1) is 31.1 Å². The van der Waals surface area contributed by atoms with Crippen molar-refractivity contribution in [3.63, 3.8) is 0 Å². The molecule has 2 fully saturated rings. The van der Waals surface area contributed by atoms with Gasteiger partial charge >= 0.3 is 0 Å². The molecular formula is C26H33NO5. The van der Waals surface area contributed by atoms with E-state index in [0.717, 1.165) is 22.3 Å². The zero-order chi connectivity index (χ0) is 23.3. The molecule has 1 saturated heterocycles. The van der Waals surface area contributed by atoms with Crippen molar-refractivity contribution in [2.75, 3.05) is 40.0 Å². The van der Waals surface area contributed by atoms with Gasteiger partial charge in [0.25, 0.3) is 0 Å². The summed E-state index contributed by atoms with van der Waals surface area (Å²) in [5, 5.41) is 0. The Labute approximate surface area is 190 Å². The quantitative estimate of drug-likeness (QED) is 0.387. The summed E-state index contributed by atoms with van der Waals surface area (Å²) in [7, 11) is 1.59. The number of amides is 1. The number of ketones is 2. The third kappa shape index (κ3) is 5.28. The van der Waals surface area contributed by atoms with Crippen LogP contribution in [0.3, 0.4) is 0 Å². The minimum absolute atomic E-state index is 0.00412. The standard InChI is InChI=1S/C26H33NO5/c1-5-6-20-13-18(2)24(19(3)14-20)25-21(28)15-26(16-22(25)29)7-9-27(10-8-26)23(30)17-32-12-11-31-4/h13-14,25H,7-12,15-17H2,1-4H3. The lowest BCUT2D eigenvalue weighted by Crippen LogP contribution is -2.49. The summed E-state index contributed by atoms with van der Waals surface area (Å²) in [4.78, 5) is 40.6. The fraction of sp³-hybridized carbons (Fsp3) is 0.577. The molecule has 0 radical (unpaired) electrons. The Hall–Kier alpha value is -2.49. The van der Waals surface area contributed by atoms with Crippen LogP contribution in [0.4, 0.5) is 0 Å². The second kappa shape index (κ2) is 10.4. The maximum atomic E-state index is 13.3. The van der Waals surface area contributed by atoms with Crippen LogP contribution in [0.1, 0.15) is 60.8 Å². The number of hydrogen-bond acceptors (Lipinski definition) is 5. The van der Waals surface area contributed by atoms with Gasteiger partial charge in [0.2, 0.25) is 5.91 Å². The number of hydrogen-bond donors (Lipinski definition) is 0. The summed E-state index contributed by atoms with van der Waals surface area (Å²) in [5.74, 6) is 5.22. The van der Waals surface area contributed by atoms with Crippen LogP contribution in [-0.4, -0.2) is 62.4 Å². The molecule has 0 N–H and O–H groups in total. The molecule has 6 heteroatoms. The molecule has 2 aliphatic rings. The summed E-state index contributed by atoms with van der Waals surface area (Å²) >= 11 is 0. The molecule has 1 amide bonds. The van der Waals surface area contributed by atoms with Gasteiger partial charge in [-0.2, -0.15) is 0 Å². The molecule has 172 valence electrons. The van der Waals surface area contributed by atoms with Crippen molar-refractivity contribution in [1.29, 1.82) is 0 Å². The molecule has 1 aliphatic carbocycles. The second-order valence-corrected chi connectivity index (χ2v) is 9.04. The van der Waals surface area contributed by atoms with E-state index in [4.69, 9.17) is 9.47 Å². The zero-order valence-corrected chi connectivity index (χ0v) is 19.6. The van der Waals surface area contributed by atoms with E-state index >= 15 is 0 Å². The number of aryl methyl sites for hydroxylation is 2. The first-order valence-electron chi connectivity index (χ1n) is 11.2. The molecule has 1 aromatic carbocycles. The van der Waals surface area contributed by atoms with E-state index in [1.54, 1.807) is 18.9 Å². The van der Waals surface area contributed by atoms with Gasteiger partial charge in [0, 0.05) is 38.6 Å². The Balaban J connectivity index is 1.66. The first kappa shape index (κ1) is 24.2. The number of nitrogens with zero attached hydrogens (tertiary/aromatic N) is 1. The molecule has 1 heterocycles. The fourth-order valence-electron chi connectivity index (χ4n) is 5.13. The minimum Gasteiger partial charge on any atom is -0.382 e. The first-order chi connectivity index (χ1) is 15.3. The Morgan fingerprint density at radius 1 is 1.09 bits per heavy atom. The Morgan fingerprint density at radius 2 is 1.69 bits per heavy atom. The lowest BCUT2D eigenvalue weighted by Gasteiger charge is -2.44. The number of rotatable bonds is 6. The van der Waals surface area contributed by atoms with E-state index in [1.165, 1.54) is 0 Å². The molecule has 0 unspecified atom stereocenters. The molecule has 32 heavy (non-hydrogen) atoms. The highest BCUT2D eigenvalue weighted by Crippen LogP contribution is 2.46. The van der Waals surface area contributed by atoms with Crippen molar-refractivity contribution in [3.8, 4) is 11.8 Å². The van der Waals surface area contributed by atoms with Crippen LogP contribution in [0.25, 0.3) is 0 Å². The van der Waals surface area contributed by atoms with Gasteiger partial charge in [0.15, 0.2) is 0 Å². The van der Waals surface area contributed by atoms with Gasteiger partial charge in [-0.3, -0.25) is 14.4 Å². The van der Waals surface area contributed by atoms with E-state index < -0.39 is 5.92 Å². The van der Waals surface area contributed by atoms with Gasteiger partial charge in [-0.15, -0.1) is 5.92 Å². The van der Waals surface area contributed by atoms with Gasteiger partial charge < -0.3 is 14.4 Å². The molecule has 1 aromatic rings. The highest BCUT2D eigenvalue weighted by molar-refractivity contribution is 6.10. The Bertz CT molecular complexity index is 904. The monoisotopic (exact) mass is 439 g/mol. The van der Waals surface area contributed by atoms with E-state index in [1.807, 2.05) is 26.0 Å². The summed E-state index contributed by atoms with van der Waals surface area (Å²) < 4.78 is 10.3. The van der Waals surface area contributed by atoms with Gasteiger partial charge in [0.05, 0.1) is 13.2 Å². The highest BCUT2D eigenvalue weighted by Gasteiger charge is 2.47. The number of benzene rings is 1. The average molecular weight is 440 g/mol. The third-order valence-electron chi connectivity index (χ3n) is 6.73. The number of piperidine rings is 1. The minimum atomic E-state index is -0.682. The van der Waals surface area contributed by atoms with Crippen molar-refractivity contribution < 1.29 is 23.9 Å². The van der Waals surface area contributed by atoms with Gasteiger partial charge in [0.1, 0.15) is 24.1 Å². The molecule has 1 spiro atoms. The summed E-state index contributed by atoms with van der Waals surface area (Å²) in [6.07, 6.45) is 2.13. The molecular weight excluding hydrogens is 406 g/mol. The topological polar surface area (TPSA) is 72.9 Å². The van der Waals surface area contributed by atoms with Crippen LogP contribution < -0.4 is 0 Å². The lowest BCUT2D eigenvalue weighted by molar-refractivity contribution is -0.142. The predicted molar refractivity (Wildman–Crippen MR) is 121 cm³/mol. The number of Topliss-reactive ketones (excluding diaryl/α,β-unsaturated/α-hetero) is 2. The molecule has 1 saturated carbocycles. The normalized spacial score (nSPS) is 18.6. The average Bonchev–Trinajstić information content (AvgIpc) is 2.73. The molecule has 0 aromatic heterocycles. The number of carbonyl (C=O) groups excluding carboxylic acids is 3. The lowest BCUT2D eigenvalue weighted by atomic mass is 9.62. The third-order valence-corrected chi connectivity index (χ3v) is 6.73. The maximum absolute atomic E-state index is 13.3. The number of likely N-dealkylation sites (tertiary alicyclic amines) is 1. The highest BCUT2D eigenvalue weighted by atomic mass is 16.5. The Kier molecular flexibility index (Phi) is 7.86. The van der Waals surface area contributed by atoms with Crippen molar-refractivity contribution in [2.24, 2.45) is 5.41 Å². The SMILES string of the molecule is CC#Cc1cc(C)c(C2C(=O)CC3(CCN(C(=O)COCCOC)CC3)CC2=O)c(C)c1. The number of carbonyl (C=O) groups is 3. The van der Waals surface area contributed by atoms with Gasteiger partial charge in [-0.05, 0) is 67.9 Å². The molecule has 0 atom stereocenters. The maximum Gasteiger partial charge on any atom is 0.248 e. The zero-order valence-electron chi connectivity index (χ0n) is 19.6. The predicted octanol–water partition coefficient (Wildman–Crippen LogP) is 2.96. The molecule has 6 nitrogen and oxygen atoms in total. The summed E-state index contributed by atoms with van der Waals surface area (Å²) in [5.41, 5.74) is 3.31. The van der Waals surface area contributed by atoms with Crippen LogP contribution in [0.2, 0.25) is 0 Å². The summed E-state index contributed by atoms with van der Waals surface area (Å²) in [6.45, 7) is 7.68. The summed E-state index contributed by atoms with van der Waals surface area (Å²) in [6, 6.07) is 3.92.